The molecule has 0 N–H and O–H groups in total. The maximum absolute atomic E-state index is 10.8. The molecule has 0 aliphatic carbocycles. The van der Waals surface area contributed by atoms with E-state index in [2.05, 4.69) is 4.74 Å². The van der Waals surface area contributed by atoms with E-state index in [-0.39, 0.29) is 12.2 Å². The lowest BCUT2D eigenvalue weighted by Crippen LogP contribution is -2.23. The summed E-state index contributed by atoms with van der Waals surface area (Å²) in [6.45, 7) is 0. The van der Waals surface area contributed by atoms with Crippen molar-refractivity contribution in [1.29, 1.82) is 0 Å². The summed E-state index contributed by atoms with van der Waals surface area (Å²) in [4.78, 5) is 21.4. The minimum absolute atomic E-state index is 0.242. The Labute approximate surface area is 83.2 Å². The lowest BCUT2D eigenvalue weighted by molar-refractivity contribution is -0.143. The zero-order valence-corrected chi connectivity index (χ0v) is 7.91. The number of carbonyl (C=O) groups excluding carboxylic acids is 2. The lowest BCUT2D eigenvalue weighted by atomic mass is 10.2. The van der Waals surface area contributed by atoms with Crippen LogP contribution in [-0.4, -0.2) is 15.5 Å². The number of ketones is 1. The Morgan fingerprint density at radius 2 is 1.92 bits per heavy atom. The molecule has 0 bridgehead atoms. The fourth-order valence-electron chi connectivity index (χ4n) is 0.667. The summed E-state index contributed by atoms with van der Waals surface area (Å²) in [6.07, 6.45) is 0.707. The van der Waals surface area contributed by atoms with Gasteiger partial charge in [0.25, 0.3) is 0 Å². The minimum Gasteiger partial charge on any atom is -0.426 e. The Morgan fingerprint density at radius 1 is 1.33 bits per heavy atom. The highest BCUT2D eigenvalue weighted by Gasteiger charge is 2.33. The van der Waals surface area contributed by atoms with Gasteiger partial charge in [-0.15, -0.1) is 0 Å². The van der Waals surface area contributed by atoms with Crippen molar-refractivity contribution in [2.45, 2.75) is 10.2 Å². The average Bonchev–Trinajstić information content (AvgIpc) is 1.82. The zero-order chi connectivity index (χ0) is 9.35. The maximum Gasteiger partial charge on any atom is 0.318 e. The largest absolute Gasteiger partial charge is 0.426 e. The minimum atomic E-state index is -1.86. The van der Waals surface area contributed by atoms with Crippen LogP contribution < -0.4 is 0 Å². The van der Waals surface area contributed by atoms with E-state index in [0.29, 0.717) is 0 Å². The Balaban J connectivity index is 2.92. The van der Waals surface area contributed by atoms with Crippen LogP contribution in [0.5, 0.6) is 0 Å². The Kier molecular flexibility index (Phi) is 2.66. The summed E-state index contributed by atoms with van der Waals surface area (Å²) < 4.78 is 2.67. The summed E-state index contributed by atoms with van der Waals surface area (Å²) in [5.41, 5.74) is 0. The molecule has 0 aromatic rings. The van der Waals surface area contributed by atoms with Gasteiger partial charge in [0.15, 0.2) is 11.5 Å². The normalized spacial score (nSPS) is 18.8. The van der Waals surface area contributed by atoms with Gasteiger partial charge in [-0.05, 0) is 0 Å². The molecule has 12 heavy (non-hydrogen) atoms. The van der Waals surface area contributed by atoms with Gasteiger partial charge in [-0.3, -0.25) is 9.59 Å². The van der Waals surface area contributed by atoms with Crippen LogP contribution in [0.2, 0.25) is 0 Å². The van der Waals surface area contributed by atoms with Crippen LogP contribution in [0.25, 0.3) is 0 Å². The van der Waals surface area contributed by atoms with E-state index in [1.165, 1.54) is 0 Å². The van der Waals surface area contributed by atoms with E-state index in [4.69, 9.17) is 34.8 Å². The van der Waals surface area contributed by atoms with E-state index in [9.17, 15) is 9.59 Å². The molecule has 1 rings (SSSR count). The van der Waals surface area contributed by atoms with Gasteiger partial charge in [-0.25, -0.2) is 0 Å². The van der Waals surface area contributed by atoms with Gasteiger partial charge >= 0.3 is 5.97 Å². The molecular weight excluding hydrogens is 226 g/mol. The Morgan fingerprint density at radius 3 is 2.33 bits per heavy atom. The number of hydrogen-bond acceptors (Lipinski definition) is 3. The van der Waals surface area contributed by atoms with E-state index >= 15 is 0 Å². The van der Waals surface area contributed by atoms with Crippen LogP contribution in [0.15, 0.2) is 11.8 Å². The molecule has 66 valence electrons. The molecule has 1 aliphatic rings. The Hall–Kier alpha value is -0.250. The molecule has 0 unspecified atom stereocenters. The first-order chi connectivity index (χ1) is 5.39. The van der Waals surface area contributed by atoms with Crippen LogP contribution in [0.4, 0.5) is 0 Å². The van der Waals surface area contributed by atoms with Crippen LogP contribution in [0.1, 0.15) is 6.42 Å². The van der Waals surface area contributed by atoms with Gasteiger partial charge in [0.05, 0.1) is 0 Å². The fourth-order valence-corrected chi connectivity index (χ4v) is 0.947. The third-order valence-corrected chi connectivity index (χ3v) is 1.67. The molecule has 0 amide bonds. The van der Waals surface area contributed by atoms with Crippen LogP contribution in [-0.2, 0) is 14.3 Å². The monoisotopic (exact) mass is 228 g/mol. The molecule has 0 fully saturated rings. The topological polar surface area (TPSA) is 43.4 Å². The van der Waals surface area contributed by atoms with E-state index < -0.39 is 15.5 Å². The number of ether oxygens (including phenoxy) is 1. The van der Waals surface area contributed by atoms with Crippen molar-refractivity contribution in [3.8, 4) is 0 Å². The molecule has 3 nitrogen and oxygen atoms in total. The smallest absolute Gasteiger partial charge is 0.318 e. The molecule has 0 atom stereocenters. The quantitative estimate of drug-likeness (QED) is 0.361. The number of rotatable bonds is 0. The summed E-state index contributed by atoms with van der Waals surface area (Å²) in [7, 11) is 0. The van der Waals surface area contributed by atoms with Gasteiger partial charge in [0.1, 0.15) is 6.42 Å². The number of carbonyl (C=O) groups is 2. The van der Waals surface area contributed by atoms with Gasteiger partial charge in [-0.2, -0.15) is 0 Å². The van der Waals surface area contributed by atoms with Crippen molar-refractivity contribution in [3.63, 3.8) is 0 Å². The molecule has 0 aromatic heterocycles. The van der Waals surface area contributed by atoms with Gasteiger partial charge < -0.3 is 4.74 Å². The molecule has 1 aliphatic heterocycles. The number of esters is 1. The van der Waals surface area contributed by atoms with Crippen molar-refractivity contribution < 1.29 is 14.3 Å². The Bertz CT molecular complexity index is 264. The molecule has 0 radical (unpaired) electrons. The van der Waals surface area contributed by atoms with Crippen LogP contribution in [0, 0.1) is 0 Å². The average molecular weight is 229 g/mol. The highest BCUT2D eigenvalue weighted by molar-refractivity contribution is 6.69. The van der Waals surface area contributed by atoms with Gasteiger partial charge in [-0.1, -0.05) is 34.8 Å². The predicted molar refractivity (Wildman–Crippen MR) is 44.1 cm³/mol. The second kappa shape index (κ2) is 3.24. The summed E-state index contributed by atoms with van der Waals surface area (Å²) >= 11 is 16.1. The first-order valence-corrected chi connectivity index (χ1v) is 4.05. The molecular formula is C6H3Cl3O3. The molecule has 6 heteroatoms. The number of cyclic esters (lactones) is 1. The first-order valence-electron chi connectivity index (χ1n) is 2.92. The van der Waals surface area contributed by atoms with Crippen molar-refractivity contribution in [2.75, 3.05) is 0 Å². The SMILES string of the molecule is O=C1C=C(C(Cl)(Cl)Cl)OC(=O)C1. The molecule has 0 spiro atoms. The third-order valence-electron chi connectivity index (χ3n) is 1.11. The molecule has 0 saturated carbocycles. The van der Waals surface area contributed by atoms with Crippen molar-refractivity contribution in [1.82, 2.24) is 0 Å². The fraction of sp³-hybridized carbons (Fsp3) is 0.333. The van der Waals surface area contributed by atoms with Crippen LogP contribution >= 0.6 is 34.8 Å². The summed E-state index contributed by atoms with van der Waals surface area (Å²) in [5, 5.41) is 0. The van der Waals surface area contributed by atoms with E-state index in [1.54, 1.807) is 0 Å². The summed E-state index contributed by atoms with van der Waals surface area (Å²) in [6, 6.07) is 0. The highest BCUT2D eigenvalue weighted by Crippen LogP contribution is 2.36. The number of hydrogen-bond donors (Lipinski definition) is 0. The second-order valence-corrected chi connectivity index (χ2v) is 4.40. The van der Waals surface area contributed by atoms with Crippen molar-refractivity contribution in [2.24, 2.45) is 0 Å². The van der Waals surface area contributed by atoms with E-state index in [0.717, 1.165) is 6.08 Å². The summed E-state index contributed by atoms with van der Waals surface area (Å²) in [5.74, 6) is -1.37. The molecule has 0 aromatic carbocycles. The predicted octanol–water partition coefficient (Wildman–Crippen LogP) is 1.76. The number of alkyl halides is 3. The van der Waals surface area contributed by atoms with Crippen molar-refractivity contribution >= 4 is 46.6 Å². The maximum atomic E-state index is 10.8. The van der Waals surface area contributed by atoms with Gasteiger partial charge in [0, 0.05) is 6.08 Å². The second-order valence-electron chi connectivity index (χ2n) is 2.12. The lowest BCUT2D eigenvalue weighted by Gasteiger charge is -2.17. The van der Waals surface area contributed by atoms with E-state index in [1.807, 2.05) is 0 Å². The highest BCUT2D eigenvalue weighted by atomic mass is 35.6. The number of halogens is 3. The molecule has 0 saturated heterocycles. The molecule has 1 heterocycles. The van der Waals surface area contributed by atoms with Gasteiger partial charge in [0.2, 0.25) is 3.79 Å². The first kappa shape index (κ1) is 9.84. The standard InChI is InChI=1S/C6H3Cl3O3/c7-6(8,9)4-1-3(10)2-5(11)12-4/h1H,2H2. The zero-order valence-electron chi connectivity index (χ0n) is 5.64. The van der Waals surface area contributed by atoms with Crippen molar-refractivity contribution in [3.05, 3.63) is 11.8 Å². The van der Waals surface area contributed by atoms with Crippen LogP contribution in [0.3, 0.4) is 0 Å². The third kappa shape index (κ3) is 2.37. The number of allylic oxidation sites excluding steroid dienone is 2.